The summed E-state index contributed by atoms with van der Waals surface area (Å²) in [7, 11) is 0. The van der Waals surface area contributed by atoms with Gasteiger partial charge in [0.2, 0.25) is 0 Å². The third-order valence-corrected chi connectivity index (χ3v) is 5.64. The first-order valence-electron chi connectivity index (χ1n) is 9.04. The van der Waals surface area contributed by atoms with E-state index in [9.17, 15) is 4.79 Å². The quantitative estimate of drug-likeness (QED) is 0.557. The van der Waals surface area contributed by atoms with Gasteiger partial charge in [0.1, 0.15) is 0 Å². The van der Waals surface area contributed by atoms with Gasteiger partial charge in [-0.2, -0.15) is 0 Å². The molecule has 1 amide bonds. The van der Waals surface area contributed by atoms with Crippen LogP contribution in [0.2, 0.25) is 5.02 Å². The van der Waals surface area contributed by atoms with Crippen LogP contribution in [0.5, 0.6) is 0 Å². The van der Waals surface area contributed by atoms with E-state index in [4.69, 9.17) is 16.4 Å². The van der Waals surface area contributed by atoms with Crippen LogP contribution in [-0.4, -0.2) is 29.2 Å². The van der Waals surface area contributed by atoms with Gasteiger partial charge in [-0.25, -0.2) is 0 Å². The minimum Gasteiger partial charge on any atom is -0.390 e. The van der Waals surface area contributed by atoms with Crippen LogP contribution in [0.25, 0.3) is 0 Å². The molecular weight excluding hydrogens is 392 g/mol. The Balaban J connectivity index is 1.49. The number of nitrogens with zero attached hydrogens (tertiary/aromatic N) is 2. The number of amides is 1. The molecule has 2 aromatic carbocycles. The SMILES string of the molecule is O=C(c1cccs1)N(Cc1cccc(Cl)c1)C[C@@H]1CC(c2ccccc2)=NO1. The zero-order valence-corrected chi connectivity index (χ0v) is 16.7. The van der Waals surface area contributed by atoms with Crippen LogP contribution in [0.4, 0.5) is 0 Å². The van der Waals surface area contributed by atoms with Gasteiger partial charge in [-0.15, -0.1) is 11.3 Å². The first-order chi connectivity index (χ1) is 13.7. The molecule has 1 aliphatic rings. The second kappa shape index (κ2) is 8.59. The second-order valence-electron chi connectivity index (χ2n) is 6.63. The highest BCUT2D eigenvalue weighted by Crippen LogP contribution is 2.21. The molecule has 0 bridgehead atoms. The van der Waals surface area contributed by atoms with E-state index in [1.807, 2.05) is 77.0 Å². The Morgan fingerprint density at radius 1 is 1.14 bits per heavy atom. The molecule has 0 spiro atoms. The molecule has 4 rings (SSSR count). The van der Waals surface area contributed by atoms with Crippen LogP contribution in [0.15, 0.2) is 77.3 Å². The summed E-state index contributed by atoms with van der Waals surface area (Å²) >= 11 is 7.56. The summed E-state index contributed by atoms with van der Waals surface area (Å²) in [6.07, 6.45) is 0.506. The topological polar surface area (TPSA) is 41.9 Å². The molecule has 1 atom stereocenters. The van der Waals surface area contributed by atoms with Gasteiger partial charge in [0.05, 0.1) is 17.1 Å². The number of benzene rings is 2. The third-order valence-electron chi connectivity index (χ3n) is 4.55. The van der Waals surface area contributed by atoms with Crippen molar-refractivity contribution >= 4 is 34.6 Å². The Morgan fingerprint density at radius 3 is 2.75 bits per heavy atom. The van der Waals surface area contributed by atoms with Gasteiger partial charge in [-0.3, -0.25) is 4.79 Å². The Labute approximate surface area is 173 Å². The standard InChI is InChI=1S/C22H19ClN2O2S/c23-18-9-4-6-16(12-18)14-25(22(26)21-10-5-11-28-21)15-19-13-20(24-27-19)17-7-2-1-3-8-17/h1-12,19H,13-15H2/t19-/m0/s1. The number of thiophene rings is 1. The lowest BCUT2D eigenvalue weighted by molar-refractivity contribution is 0.0408. The Hall–Kier alpha value is -2.63. The number of hydrogen-bond donors (Lipinski definition) is 0. The molecule has 2 heterocycles. The van der Waals surface area contributed by atoms with Gasteiger partial charge in [0.15, 0.2) is 6.10 Å². The second-order valence-corrected chi connectivity index (χ2v) is 8.01. The average Bonchev–Trinajstić information content (AvgIpc) is 3.40. The summed E-state index contributed by atoms with van der Waals surface area (Å²) < 4.78 is 0. The fourth-order valence-electron chi connectivity index (χ4n) is 3.20. The number of oxime groups is 1. The number of halogens is 1. The van der Waals surface area contributed by atoms with E-state index in [1.165, 1.54) is 11.3 Å². The molecule has 1 aromatic heterocycles. The predicted molar refractivity (Wildman–Crippen MR) is 113 cm³/mol. The van der Waals surface area contributed by atoms with Crippen molar-refractivity contribution in [2.75, 3.05) is 6.54 Å². The maximum absolute atomic E-state index is 13.0. The third kappa shape index (κ3) is 4.43. The van der Waals surface area contributed by atoms with Crippen molar-refractivity contribution in [1.29, 1.82) is 0 Å². The molecule has 6 heteroatoms. The zero-order chi connectivity index (χ0) is 19.3. The van der Waals surface area contributed by atoms with Gasteiger partial charge in [0, 0.05) is 18.0 Å². The maximum atomic E-state index is 13.0. The van der Waals surface area contributed by atoms with E-state index >= 15 is 0 Å². The van der Waals surface area contributed by atoms with Crippen molar-refractivity contribution in [2.24, 2.45) is 5.16 Å². The van der Waals surface area contributed by atoms with Gasteiger partial charge < -0.3 is 9.74 Å². The number of hydrogen-bond acceptors (Lipinski definition) is 4. The Bertz CT molecular complexity index is 973. The molecule has 0 unspecified atom stereocenters. The van der Waals surface area contributed by atoms with Crippen LogP contribution in [0, 0.1) is 0 Å². The van der Waals surface area contributed by atoms with Crippen LogP contribution in [0.1, 0.15) is 27.2 Å². The van der Waals surface area contributed by atoms with Crippen molar-refractivity contribution in [2.45, 2.75) is 19.1 Å². The van der Waals surface area contributed by atoms with Crippen LogP contribution in [0.3, 0.4) is 0 Å². The highest BCUT2D eigenvalue weighted by Gasteiger charge is 2.27. The molecule has 0 radical (unpaired) electrons. The highest BCUT2D eigenvalue weighted by molar-refractivity contribution is 7.12. The fourth-order valence-corrected chi connectivity index (χ4v) is 4.11. The first kappa shape index (κ1) is 18.7. The smallest absolute Gasteiger partial charge is 0.264 e. The van der Waals surface area contributed by atoms with Gasteiger partial charge in [-0.1, -0.05) is 65.3 Å². The van der Waals surface area contributed by atoms with E-state index in [0.29, 0.717) is 29.4 Å². The Morgan fingerprint density at radius 2 is 2.00 bits per heavy atom. The molecule has 3 aromatic rings. The zero-order valence-electron chi connectivity index (χ0n) is 15.1. The minimum absolute atomic E-state index is 0.00765. The molecule has 142 valence electrons. The molecule has 1 aliphatic heterocycles. The van der Waals surface area contributed by atoms with E-state index in [1.54, 1.807) is 0 Å². The molecule has 0 fully saturated rings. The fraction of sp³-hybridized carbons (Fsp3) is 0.182. The molecule has 4 nitrogen and oxygen atoms in total. The molecule has 28 heavy (non-hydrogen) atoms. The number of rotatable bonds is 6. The molecule has 0 saturated heterocycles. The lowest BCUT2D eigenvalue weighted by Gasteiger charge is -2.24. The minimum atomic E-state index is -0.168. The van der Waals surface area contributed by atoms with E-state index in [-0.39, 0.29) is 12.0 Å². The van der Waals surface area contributed by atoms with Crippen molar-refractivity contribution in [3.63, 3.8) is 0 Å². The summed E-state index contributed by atoms with van der Waals surface area (Å²) in [5.74, 6) is -0.00765. The predicted octanol–water partition coefficient (Wildman–Crippen LogP) is 5.24. The summed E-state index contributed by atoms with van der Waals surface area (Å²) in [6.45, 7) is 0.931. The van der Waals surface area contributed by atoms with Gasteiger partial charge in [0.25, 0.3) is 5.91 Å². The largest absolute Gasteiger partial charge is 0.390 e. The Kier molecular flexibility index (Phi) is 5.74. The molecule has 0 aliphatic carbocycles. The number of carbonyl (C=O) groups excluding carboxylic acids is 1. The highest BCUT2D eigenvalue weighted by atomic mass is 35.5. The van der Waals surface area contributed by atoms with Crippen LogP contribution < -0.4 is 0 Å². The van der Waals surface area contributed by atoms with Crippen molar-refractivity contribution in [3.8, 4) is 0 Å². The lowest BCUT2D eigenvalue weighted by atomic mass is 10.0. The van der Waals surface area contributed by atoms with E-state index in [0.717, 1.165) is 16.8 Å². The van der Waals surface area contributed by atoms with Crippen LogP contribution >= 0.6 is 22.9 Å². The van der Waals surface area contributed by atoms with E-state index < -0.39 is 0 Å². The van der Waals surface area contributed by atoms with Gasteiger partial charge in [-0.05, 0) is 34.7 Å². The summed E-state index contributed by atoms with van der Waals surface area (Å²) in [5, 5.41) is 6.81. The molecular formula is C22H19ClN2O2S. The van der Waals surface area contributed by atoms with Crippen molar-refractivity contribution in [3.05, 3.63) is 93.1 Å². The monoisotopic (exact) mass is 410 g/mol. The van der Waals surface area contributed by atoms with Gasteiger partial charge >= 0.3 is 0 Å². The lowest BCUT2D eigenvalue weighted by Crippen LogP contribution is -2.37. The molecule has 0 saturated carbocycles. The van der Waals surface area contributed by atoms with Crippen LogP contribution in [-0.2, 0) is 11.4 Å². The summed E-state index contributed by atoms with van der Waals surface area (Å²) in [6, 6.07) is 21.3. The number of carbonyl (C=O) groups is 1. The first-order valence-corrected chi connectivity index (χ1v) is 10.3. The normalized spacial score (nSPS) is 15.8. The van der Waals surface area contributed by atoms with Crippen molar-refractivity contribution in [1.82, 2.24) is 4.90 Å². The summed E-state index contributed by atoms with van der Waals surface area (Å²) in [4.78, 5) is 21.2. The summed E-state index contributed by atoms with van der Waals surface area (Å²) in [5.41, 5.74) is 2.95. The molecule has 0 N–H and O–H groups in total. The maximum Gasteiger partial charge on any atom is 0.264 e. The average molecular weight is 411 g/mol. The van der Waals surface area contributed by atoms with E-state index in [2.05, 4.69) is 5.16 Å². The van der Waals surface area contributed by atoms with Crippen molar-refractivity contribution < 1.29 is 9.63 Å².